The molecule has 0 aromatic heterocycles. The smallest absolute Gasteiger partial charge is 0.0483 e. The molecule has 1 aromatic rings. The number of halogens is 1. The van der Waals surface area contributed by atoms with Gasteiger partial charge in [-0.2, -0.15) is 0 Å². The summed E-state index contributed by atoms with van der Waals surface area (Å²) in [7, 11) is 0. The minimum absolute atomic E-state index is 0.238. The molecule has 0 heterocycles. The first-order valence-corrected chi connectivity index (χ1v) is 7.15. The van der Waals surface area contributed by atoms with Crippen molar-refractivity contribution in [2.75, 3.05) is 18.8 Å². The van der Waals surface area contributed by atoms with Crippen LogP contribution in [0.1, 0.15) is 13.8 Å². The van der Waals surface area contributed by atoms with Gasteiger partial charge in [-0.05, 0) is 18.1 Å². The van der Waals surface area contributed by atoms with Crippen LogP contribution in [-0.4, -0.2) is 24.2 Å². The molecule has 0 aliphatic heterocycles. The summed E-state index contributed by atoms with van der Waals surface area (Å²) in [6, 6.07) is 10.5. The van der Waals surface area contributed by atoms with Gasteiger partial charge in [0.2, 0.25) is 0 Å². The van der Waals surface area contributed by atoms with Crippen molar-refractivity contribution in [3.8, 4) is 0 Å². The van der Waals surface area contributed by atoms with E-state index in [2.05, 4.69) is 43.4 Å². The van der Waals surface area contributed by atoms with Crippen molar-refractivity contribution in [3.05, 3.63) is 30.3 Å². The summed E-state index contributed by atoms with van der Waals surface area (Å²) in [5.74, 6) is 1.63. The van der Waals surface area contributed by atoms with Gasteiger partial charge in [0.05, 0.1) is 0 Å². The molecule has 0 fully saturated rings. The lowest BCUT2D eigenvalue weighted by Crippen LogP contribution is -2.28. The minimum atomic E-state index is 0.238. The van der Waals surface area contributed by atoms with E-state index < -0.39 is 0 Å². The maximum atomic E-state index is 6.14. The third kappa shape index (κ3) is 5.78. The summed E-state index contributed by atoms with van der Waals surface area (Å²) in [4.78, 5) is 1.33. The van der Waals surface area contributed by atoms with E-state index in [0.29, 0.717) is 5.92 Å². The topological polar surface area (TPSA) is 12.0 Å². The molecule has 0 saturated heterocycles. The molecule has 0 saturated carbocycles. The zero-order valence-electron chi connectivity index (χ0n) is 9.95. The van der Waals surface area contributed by atoms with Crippen LogP contribution in [0.3, 0.4) is 0 Å². The molecule has 1 aromatic carbocycles. The van der Waals surface area contributed by atoms with Gasteiger partial charge in [-0.25, -0.2) is 0 Å². The second kappa shape index (κ2) is 7.99. The highest BCUT2D eigenvalue weighted by molar-refractivity contribution is 7.99. The van der Waals surface area contributed by atoms with E-state index in [0.717, 1.165) is 18.8 Å². The van der Waals surface area contributed by atoms with E-state index in [1.54, 1.807) is 0 Å². The van der Waals surface area contributed by atoms with Crippen LogP contribution >= 0.6 is 23.4 Å². The van der Waals surface area contributed by atoms with Gasteiger partial charge < -0.3 is 5.32 Å². The second-order valence-corrected chi connectivity index (χ2v) is 5.85. The quantitative estimate of drug-likeness (QED) is 0.455. The molecule has 0 bridgehead atoms. The van der Waals surface area contributed by atoms with Crippen LogP contribution in [0.25, 0.3) is 0 Å². The number of alkyl halides is 1. The molecule has 3 heteroatoms. The SMILES string of the molecule is CC(C)C(Cl)CNCCSc1ccccc1. The Morgan fingerprint density at radius 1 is 1.25 bits per heavy atom. The normalized spacial score (nSPS) is 13.0. The summed E-state index contributed by atoms with van der Waals surface area (Å²) in [5, 5.41) is 3.62. The summed E-state index contributed by atoms with van der Waals surface area (Å²) in [5.41, 5.74) is 0. The third-order valence-electron chi connectivity index (χ3n) is 2.35. The highest BCUT2D eigenvalue weighted by atomic mass is 35.5. The van der Waals surface area contributed by atoms with Crippen molar-refractivity contribution in [1.82, 2.24) is 5.32 Å². The molecular formula is C13H20ClNS. The summed E-state index contributed by atoms with van der Waals surface area (Å²) in [6.45, 7) is 6.21. The predicted molar refractivity (Wildman–Crippen MR) is 74.5 cm³/mol. The Hall–Kier alpha value is -0.180. The monoisotopic (exact) mass is 257 g/mol. The number of rotatable bonds is 7. The Labute approximate surface area is 108 Å². The summed E-state index contributed by atoms with van der Waals surface area (Å²) < 4.78 is 0. The first kappa shape index (κ1) is 13.9. The molecule has 1 atom stereocenters. The third-order valence-corrected chi connectivity index (χ3v) is 4.03. The van der Waals surface area contributed by atoms with Crippen LogP contribution in [0.4, 0.5) is 0 Å². The molecule has 0 aliphatic rings. The van der Waals surface area contributed by atoms with Gasteiger partial charge in [0.15, 0.2) is 0 Å². The van der Waals surface area contributed by atoms with Crippen LogP contribution in [0.2, 0.25) is 0 Å². The molecule has 0 spiro atoms. The maximum absolute atomic E-state index is 6.14. The fourth-order valence-corrected chi connectivity index (χ4v) is 2.17. The van der Waals surface area contributed by atoms with Crippen molar-refractivity contribution in [3.63, 3.8) is 0 Å². The summed E-state index contributed by atoms with van der Waals surface area (Å²) >= 11 is 8.02. The second-order valence-electron chi connectivity index (χ2n) is 4.13. The minimum Gasteiger partial charge on any atom is -0.314 e. The maximum Gasteiger partial charge on any atom is 0.0483 e. The first-order chi connectivity index (χ1) is 7.70. The lowest BCUT2D eigenvalue weighted by Gasteiger charge is -2.13. The van der Waals surface area contributed by atoms with Gasteiger partial charge in [0.1, 0.15) is 0 Å². The van der Waals surface area contributed by atoms with Gasteiger partial charge in [-0.15, -0.1) is 23.4 Å². The molecule has 0 radical (unpaired) electrons. The molecular weight excluding hydrogens is 238 g/mol. The van der Waals surface area contributed by atoms with Crippen molar-refractivity contribution in [1.29, 1.82) is 0 Å². The Balaban J connectivity index is 2.04. The van der Waals surface area contributed by atoms with E-state index in [4.69, 9.17) is 11.6 Å². The van der Waals surface area contributed by atoms with E-state index in [-0.39, 0.29) is 5.38 Å². The zero-order valence-corrected chi connectivity index (χ0v) is 11.5. The lowest BCUT2D eigenvalue weighted by molar-refractivity contribution is 0.556. The highest BCUT2D eigenvalue weighted by Crippen LogP contribution is 2.15. The van der Waals surface area contributed by atoms with Crippen molar-refractivity contribution in [2.45, 2.75) is 24.1 Å². The Morgan fingerprint density at radius 3 is 2.56 bits per heavy atom. The molecule has 0 aliphatic carbocycles. The van der Waals surface area contributed by atoms with Crippen molar-refractivity contribution < 1.29 is 0 Å². The molecule has 1 unspecified atom stereocenters. The van der Waals surface area contributed by atoms with E-state index in [1.807, 2.05) is 17.8 Å². The highest BCUT2D eigenvalue weighted by Gasteiger charge is 2.07. The fraction of sp³-hybridized carbons (Fsp3) is 0.538. The van der Waals surface area contributed by atoms with Gasteiger partial charge in [0, 0.05) is 29.1 Å². The van der Waals surface area contributed by atoms with Crippen LogP contribution in [0.5, 0.6) is 0 Å². The van der Waals surface area contributed by atoms with Crippen LogP contribution < -0.4 is 5.32 Å². The average molecular weight is 258 g/mol. The first-order valence-electron chi connectivity index (χ1n) is 5.73. The fourth-order valence-electron chi connectivity index (χ4n) is 1.23. The van der Waals surface area contributed by atoms with Crippen LogP contribution in [0, 0.1) is 5.92 Å². The largest absolute Gasteiger partial charge is 0.314 e. The molecule has 1 rings (SSSR count). The van der Waals surface area contributed by atoms with Gasteiger partial charge in [-0.3, -0.25) is 0 Å². The van der Waals surface area contributed by atoms with Crippen LogP contribution in [0.15, 0.2) is 35.2 Å². The van der Waals surface area contributed by atoms with E-state index in [1.165, 1.54) is 4.90 Å². The molecule has 90 valence electrons. The number of thioether (sulfide) groups is 1. The Kier molecular flexibility index (Phi) is 6.93. The Bertz CT molecular complexity index is 277. The standard InChI is InChI=1S/C13H20ClNS/c1-11(2)13(14)10-15-8-9-16-12-6-4-3-5-7-12/h3-7,11,13,15H,8-10H2,1-2H3. The van der Waals surface area contributed by atoms with Gasteiger partial charge in [0.25, 0.3) is 0 Å². The predicted octanol–water partition coefficient (Wildman–Crippen LogP) is 3.63. The number of benzene rings is 1. The number of hydrogen-bond donors (Lipinski definition) is 1. The van der Waals surface area contributed by atoms with Crippen molar-refractivity contribution in [2.24, 2.45) is 5.92 Å². The number of nitrogens with one attached hydrogen (secondary N) is 1. The molecule has 1 nitrogen and oxygen atoms in total. The van der Waals surface area contributed by atoms with Crippen molar-refractivity contribution >= 4 is 23.4 Å². The van der Waals surface area contributed by atoms with E-state index in [9.17, 15) is 0 Å². The number of hydrogen-bond acceptors (Lipinski definition) is 2. The van der Waals surface area contributed by atoms with E-state index >= 15 is 0 Å². The molecule has 1 N–H and O–H groups in total. The zero-order chi connectivity index (χ0) is 11.8. The van der Waals surface area contributed by atoms with Gasteiger partial charge in [-0.1, -0.05) is 32.0 Å². The summed E-state index contributed by atoms with van der Waals surface area (Å²) in [6.07, 6.45) is 0. The Morgan fingerprint density at radius 2 is 1.94 bits per heavy atom. The molecule has 0 amide bonds. The lowest BCUT2D eigenvalue weighted by atomic mass is 10.1. The molecule has 16 heavy (non-hydrogen) atoms. The van der Waals surface area contributed by atoms with Gasteiger partial charge >= 0.3 is 0 Å². The van der Waals surface area contributed by atoms with Crippen LogP contribution in [-0.2, 0) is 0 Å². The average Bonchev–Trinajstić information content (AvgIpc) is 2.29.